The van der Waals surface area contributed by atoms with Crippen LogP contribution in [0.1, 0.15) is 21.5 Å². The smallest absolute Gasteiger partial charge is 0.273 e. The first-order chi connectivity index (χ1) is 10.4. The number of hydrogen-bond acceptors (Lipinski definition) is 3. The third kappa shape index (κ3) is 3.55. The second-order valence-electron chi connectivity index (χ2n) is 4.64. The number of hydrogen-bond donors (Lipinski definition) is 1. The second-order valence-corrected chi connectivity index (χ2v) is 5.45. The van der Waals surface area contributed by atoms with Crippen LogP contribution in [0.25, 0.3) is 0 Å². The predicted octanol–water partition coefficient (Wildman–Crippen LogP) is 4.14. The van der Waals surface area contributed by atoms with Crippen molar-refractivity contribution in [2.24, 2.45) is 0 Å². The molecule has 0 aliphatic carbocycles. The van der Waals surface area contributed by atoms with Gasteiger partial charge in [0.1, 0.15) is 0 Å². The van der Waals surface area contributed by atoms with E-state index in [4.69, 9.17) is 23.2 Å². The minimum absolute atomic E-state index is 0.0813. The maximum atomic E-state index is 12.2. The van der Waals surface area contributed by atoms with Crippen molar-refractivity contribution in [1.82, 2.24) is 5.32 Å². The van der Waals surface area contributed by atoms with E-state index in [1.165, 1.54) is 12.1 Å². The number of carbonyl (C=O) groups is 1. The number of nitrogens with zero attached hydrogens (tertiary/aromatic N) is 1. The molecule has 5 nitrogen and oxygen atoms in total. The van der Waals surface area contributed by atoms with Gasteiger partial charge in [0.05, 0.1) is 15.0 Å². The van der Waals surface area contributed by atoms with Crippen molar-refractivity contribution in [3.05, 3.63) is 73.2 Å². The molecule has 1 amide bonds. The predicted molar refractivity (Wildman–Crippen MR) is 85.5 cm³/mol. The number of amides is 1. The highest BCUT2D eigenvalue weighted by molar-refractivity contribution is 6.42. The van der Waals surface area contributed by atoms with E-state index in [-0.39, 0.29) is 23.7 Å². The van der Waals surface area contributed by atoms with Gasteiger partial charge in [-0.1, -0.05) is 35.3 Å². The van der Waals surface area contributed by atoms with Crippen molar-refractivity contribution in [1.29, 1.82) is 0 Å². The second kappa shape index (κ2) is 6.77. The fourth-order valence-corrected chi connectivity index (χ4v) is 2.32. The van der Waals surface area contributed by atoms with Gasteiger partial charge >= 0.3 is 0 Å². The number of nitro groups is 1. The molecule has 0 radical (unpaired) electrons. The normalized spacial score (nSPS) is 10.3. The van der Waals surface area contributed by atoms with Gasteiger partial charge < -0.3 is 5.32 Å². The Morgan fingerprint density at radius 2 is 1.95 bits per heavy atom. The van der Waals surface area contributed by atoms with Gasteiger partial charge in [0.25, 0.3) is 11.6 Å². The molecule has 1 N–H and O–H groups in total. The summed E-state index contributed by atoms with van der Waals surface area (Å²) in [6.07, 6.45) is 0. The van der Waals surface area contributed by atoms with Gasteiger partial charge in [-0.3, -0.25) is 14.9 Å². The summed E-state index contributed by atoms with van der Waals surface area (Å²) in [4.78, 5) is 22.6. The van der Waals surface area contributed by atoms with Crippen LogP contribution in [0, 0.1) is 17.0 Å². The molecule has 0 aliphatic heterocycles. The largest absolute Gasteiger partial charge is 0.348 e. The molecule has 0 atom stereocenters. The molecular weight excluding hydrogens is 327 g/mol. The van der Waals surface area contributed by atoms with E-state index >= 15 is 0 Å². The van der Waals surface area contributed by atoms with Gasteiger partial charge in [0.15, 0.2) is 0 Å². The van der Waals surface area contributed by atoms with Crippen LogP contribution in [0.2, 0.25) is 10.0 Å². The Hall–Kier alpha value is -2.11. The van der Waals surface area contributed by atoms with Gasteiger partial charge in [-0.05, 0) is 30.7 Å². The van der Waals surface area contributed by atoms with E-state index in [1.807, 2.05) is 0 Å². The third-order valence-corrected chi connectivity index (χ3v) is 3.92. The number of nitro benzene ring substituents is 1. The van der Waals surface area contributed by atoms with Crippen LogP contribution in [0.5, 0.6) is 0 Å². The number of carbonyl (C=O) groups excluding carboxylic acids is 1. The topological polar surface area (TPSA) is 72.2 Å². The summed E-state index contributed by atoms with van der Waals surface area (Å²) >= 11 is 11.7. The zero-order valence-electron chi connectivity index (χ0n) is 11.6. The Morgan fingerprint density at radius 3 is 2.59 bits per heavy atom. The van der Waals surface area contributed by atoms with Gasteiger partial charge in [-0.2, -0.15) is 0 Å². The maximum Gasteiger partial charge on any atom is 0.273 e. The molecule has 0 saturated carbocycles. The maximum absolute atomic E-state index is 12.2. The third-order valence-electron chi connectivity index (χ3n) is 3.18. The minimum Gasteiger partial charge on any atom is -0.348 e. The van der Waals surface area contributed by atoms with Crippen molar-refractivity contribution < 1.29 is 9.72 Å². The number of halogens is 2. The summed E-state index contributed by atoms with van der Waals surface area (Å²) in [5, 5.41) is 14.4. The SMILES string of the molecule is Cc1c(C(=O)NCc2ccc(Cl)c(Cl)c2)cccc1[N+](=O)[O-]. The quantitative estimate of drug-likeness (QED) is 0.672. The van der Waals surface area contributed by atoms with E-state index in [1.54, 1.807) is 31.2 Å². The van der Waals surface area contributed by atoms with Crippen molar-refractivity contribution in [2.75, 3.05) is 0 Å². The molecule has 0 aliphatic rings. The summed E-state index contributed by atoms with van der Waals surface area (Å²) in [5.74, 6) is -0.382. The van der Waals surface area contributed by atoms with Gasteiger partial charge in [0, 0.05) is 23.7 Å². The van der Waals surface area contributed by atoms with Crippen LogP contribution in [0.15, 0.2) is 36.4 Å². The fraction of sp³-hybridized carbons (Fsp3) is 0.133. The van der Waals surface area contributed by atoms with Crippen LogP contribution in [-0.2, 0) is 6.54 Å². The van der Waals surface area contributed by atoms with Crippen LogP contribution in [0.3, 0.4) is 0 Å². The Bertz CT molecular complexity index is 748. The highest BCUT2D eigenvalue weighted by Gasteiger charge is 2.17. The summed E-state index contributed by atoms with van der Waals surface area (Å²) in [5.41, 5.74) is 1.31. The van der Waals surface area contributed by atoms with E-state index in [2.05, 4.69) is 5.32 Å². The molecule has 114 valence electrons. The lowest BCUT2D eigenvalue weighted by molar-refractivity contribution is -0.385. The molecule has 2 aromatic rings. The molecule has 0 bridgehead atoms. The Labute approximate surface area is 137 Å². The molecule has 2 rings (SSSR count). The average Bonchev–Trinajstić information content (AvgIpc) is 2.48. The fourth-order valence-electron chi connectivity index (χ4n) is 1.99. The summed E-state index contributed by atoms with van der Waals surface area (Å²) in [6.45, 7) is 1.80. The lowest BCUT2D eigenvalue weighted by Crippen LogP contribution is -2.23. The molecule has 0 fully saturated rings. The van der Waals surface area contributed by atoms with Crippen molar-refractivity contribution in [2.45, 2.75) is 13.5 Å². The molecule has 0 spiro atoms. The molecule has 22 heavy (non-hydrogen) atoms. The molecule has 0 heterocycles. The van der Waals surface area contributed by atoms with Crippen molar-refractivity contribution in [3.8, 4) is 0 Å². The average molecular weight is 339 g/mol. The Balaban J connectivity index is 2.14. The van der Waals surface area contributed by atoms with Crippen LogP contribution in [0.4, 0.5) is 5.69 Å². The first-order valence-corrected chi connectivity index (χ1v) is 7.12. The Morgan fingerprint density at radius 1 is 1.23 bits per heavy atom. The van der Waals surface area contributed by atoms with E-state index < -0.39 is 4.92 Å². The van der Waals surface area contributed by atoms with Crippen LogP contribution >= 0.6 is 23.2 Å². The first kappa shape index (κ1) is 16.3. The zero-order chi connectivity index (χ0) is 16.3. The van der Waals surface area contributed by atoms with E-state index in [0.29, 0.717) is 15.6 Å². The van der Waals surface area contributed by atoms with Crippen molar-refractivity contribution in [3.63, 3.8) is 0 Å². The van der Waals surface area contributed by atoms with E-state index in [0.717, 1.165) is 5.56 Å². The monoisotopic (exact) mass is 338 g/mol. The van der Waals surface area contributed by atoms with E-state index in [9.17, 15) is 14.9 Å². The van der Waals surface area contributed by atoms with Crippen LogP contribution in [-0.4, -0.2) is 10.8 Å². The molecule has 0 saturated heterocycles. The number of nitrogens with one attached hydrogen (secondary N) is 1. The molecule has 0 unspecified atom stereocenters. The van der Waals surface area contributed by atoms with Gasteiger partial charge in [0.2, 0.25) is 0 Å². The summed E-state index contributed by atoms with van der Waals surface area (Å²) in [7, 11) is 0. The number of benzene rings is 2. The van der Waals surface area contributed by atoms with Crippen LogP contribution < -0.4 is 5.32 Å². The van der Waals surface area contributed by atoms with Crippen molar-refractivity contribution >= 4 is 34.8 Å². The Kier molecular flexibility index (Phi) is 5.00. The molecule has 7 heteroatoms. The minimum atomic E-state index is -0.509. The van der Waals surface area contributed by atoms with Gasteiger partial charge in [-0.25, -0.2) is 0 Å². The molecule has 2 aromatic carbocycles. The zero-order valence-corrected chi connectivity index (χ0v) is 13.1. The highest BCUT2D eigenvalue weighted by Crippen LogP contribution is 2.23. The number of rotatable bonds is 4. The summed E-state index contributed by atoms with van der Waals surface area (Å²) < 4.78 is 0. The molecular formula is C15H12Cl2N2O3. The first-order valence-electron chi connectivity index (χ1n) is 6.36. The lowest BCUT2D eigenvalue weighted by atomic mass is 10.1. The van der Waals surface area contributed by atoms with Gasteiger partial charge in [-0.15, -0.1) is 0 Å². The standard InChI is InChI=1S/C15H12Cl2N2O3/c1-9-11(3-2-4-14(9)19(21)22)15(20)18-8-10-5-6-12(16)13(17)7-10/h2-7H,8H2,1H3,(H,18,20). The molecule has 0 aromatic heterocycles. The highest BCUT2D eigenvalue weighted by atomic mass is 35.5. The summed E-state index contributed by atoms with van der Waals surface area (Å²) in [6, 6.07) is 9.44. The lowest BCUT2D eigenvalue weighted by Gasteiger charge is -2.08.